The largest absolute Gasteiger partial charge is 0.314 e. The van der Waals surface area contributed by atoms with E-state index < -0.39 is 0 Å². The molecule has 3 heteroatoms. The molecule has 2 aliphatic heterocycles. The van der Waals surface area contributed by atoms with Gasteiger partial charge in [-0.3, -0.25) is 9.80 Å². The third-order valence-electron chi connectivity index (χ3n) is 5.11. The van der Waals surface area contributed by atoms with Crippen LogP contribution in [0.3, 0.4) is 0 Å². The van der Waals surface area contributed by atoms with E-state index in [0.717, 1.165) is 25.7 Å². The van der Waals surface area contributed by atoms with Gasteiger partial charge in [-0.15, -0.1) is 0 Å². The van der Waals surface area contributed by atoms with Gasteiger partial charge in [0.05, 0.1) is 0 Å². The van der Waals surface area contributed by atoms with Crippen LogP contribution >= 0.6 is 0 Å². The minimum Gasteiger partial charge on any atom is -0.314 e. The first-order valence-corrected chi connectivity index (χ1v) is 8.39. The Balaban J connectivity index is 1.53. The predicted molar refractivity (Wildman–Crippen MR) is 88.4 cm³/mol. The predicted octanol–water partition coefficient (Wildman–Crippen LogP) is 2.33. The highest BCUT2D eigenvalue weighted by Crippen LogP contribution is 2.26. The Hall–Kier alpha value is -0.900. The fraction of sp³-hybridized carbons (Fsp3) is 0.667. The fourth-order valence-electron chi connectivity index (χ4n) is 3.91. The van der Waals surface area contributed by atoms with Crippen LogP contribution in [-0.4, -0.2) is 54.1 Å². The van der Waals surface area contributed by atoms with Crippen molar-refractivity contribution in [3.05, 3.63) is 35.9 Å². The van der Waals surface area contributed by atoms with Crippen LogP contribution in [0.15, 0.2) is 30.3 Å². The smallest absolute Gasteiger partial charge is 0.0281 e. The van der Waals surface area contributed by atoms with E-state index in [1.165, 1.54) is 38.0 Å². The summed E-state index contributed by atoms with van der Waals surface area (Å²) in [6.45, 7) is 11.8. The highest BCUT2D eigenvalue weighted by molar-refractivity contribution is 5.14. The third kappa shape index (κ3) is 3.65. The zero-order valence-corrected chi connectivity index (χ0v) is 13.5. The molecule has 0 aliphatic carbocycles. The Bertz CT molecular complexity index is 435. The first-order valence-electron chi connectivity index (χ1n) is 8.39. The molecule has 2 saturated heterocycles. The summed E-state index contributed by atoms with van der Waals surface area (Å²) in [7, 11) is 0. The molecule has 0 radical (unpaired) electrons. The molecule has 0 bridgehead atoms. The summed E-state index contributed by atoms with van der Waals surface area (Å²) in [4.78, 5) is 5.37. The molecule has 1 aromatic carbocycles. The maximum atomic E-state index is 3.53. The Morgan fingerprint density at radius 1 is 1.10 bits per heavy atom. The maximum absolute atomic E-state index is 3.53. The van der Waals surface area contributed by atoms with Crippen molar-refractivity contribution in [2.45, 2.75) is 44.8 Å². The van der Waals surface area contributed by atoms with Crippen LogP contribution in [0, 0.1) is 0 Å². The van der Waals surface area contributed by atoms with Crippen LogP contribution in [0.1, 0.15) is 32.3 Å². The second-order valence-electron chi connectivity index (χ2n) is 7.18. The van der Waals surface area contributed by atoms with Crippen molar-refractivity contribution in [3.63, 3.8) is 0 Å². The second-order valence-corrected chi connectivity index (χ2v) is 7.18. The van der Waals surface area contributed by atoms with Crippen LogP contribution in [0.25, 0.3) is 0 Å². The van der Waals surface area contributed by atoms with Crippen molar-refractivity contribution < 1.29 is 0 Å². The van der Waals surface area contributed by atoms with Crippen molar-refractivity contribution in [2.24, 2.45) is 0 Å². The van der Waals surface area contributed by atoms with Gasteiger partial charge in [0.2, 0.25) is 0 Å². The number of nitrogens with zero attached hydrogens (tertiary/aromatic N) is 2. The molecule has 0 aromatic heterocycles. The van der Waals surface area contributed by atoms with Crippen LogP contribution in [-0.2, 0) is 6.54 Å². The van der Waals surface area contributed by atoms with E-state index >= 15 is 0 Å². The summed E-state index contributed by atoms with van der Waals surface area (Å²) < 4.78 is 0. The van der Waals surface area contributed by atoms with Crippen LogP contribution in [0.4, 0.5) is 0 Å². The zero-order chi connectivity index (χ0) is 14.7. The maximum Gasteiger partial charge on any atom is 0.0281 e. The fourth-order valence-corrected chi connectivity index (χ4v) is 3.91. The minimum atomic E-state index is 0.310. The molecule has 116 valence electrons. The normalized spacial score (nSPS) is 25.0. The Kier molecular flexibility index (Phi) is 4.63. The molecule has 21 heavy (non-hydrogen) atoms. The van der Waals surface area contributed by atoms with E-state index in [1.54, 1.807) is 0 Å². The van der Waals surface area contributed by atoms with Gasteiger partial charge in [0.15, 0.2) is 0 Å². The summed E-state index contributed by atoms with van der Waals surface area (Å²) in [6, 6.07) is 11.6. The first-order chi connectivity index (χ1) is 10.1. The van der Waals surface area contributed by atoms with E-state index in [9.17, 15) is 0 Å². The Labute approximate surface area is 129 Å². The molecule has 1 N–H and O–H groups in total. The summed E-state index contributed by atoms with van der Waals surface area (Å²) in [5, 5.41) is 3.53. The van der Waals surface area contributed by atoms with Gasteiger partial charge in [0, 0.05) is 37.8 Å². The zero-order valence-electron chi connectivity index (χ0n) is 13.5. The molecule has 2 aliphatic rings. The van der Waals surface area contributed by atoms with Gasteiger partial charge < -0.3 is 5.32 Å². The Morgan fingerprint density at radius 2 is 1.81 bits per heavy atom. The summed E-state index contributed by atoms with van der Waals surface area (Å²) in [6.07, 6.45) is 2.63. The number of hydrogen-bond acceptors (Lipinski definition) is 3. The molecule has 2 fully saturated rings. The van der Waals surface area contributed by atoms with Crippen molar-refractivity contribution >= 4 is 0 Å². The SMILES string of the molecule is CC1(C)CNCCN1C1CCN(Cc2ccccc2)CC1. The molecular weight excluding hydrogens is 258 g/mol. The average Bonchev–Trinajstić information content (AvgIpc) is 2.49. The molecule has 0 amide bonds. The number of benzene rings is 1. The van der Waals surface area contributed by atoms with Crippen molar-refractivity contribution in [1.29, 1.82) is 0 Å². The first kappa shape index (κ1) is 15.0. The lowest BCUT2D eigenvalue weighted by atomic mass is 9.93. The summed E-state index contributed by atoms with van der Waals surface area (Å²) in [5.74, 6) is 0. The molecule has 0 unspecified atom stereocenters. The van der Waals surface area contributed by atoms with Gasteiger partial charge >= 0.3 is 0 Å². The highest BCUT2D eigenvalue weighted by Gasteiger charge is 2.35. The van der Waals surface area contributed by atoms with Gasteiger partial charge in [-0.1, -0.05) is 30.3 Å². The van der Waals surface area contributed by atoms with Crippen LogP contribution in [0.5, 0.6) is 0 Å². The molecule has 3 rings (SSSR count). The molecule has 0 saturated carbocycles. The van der Waals surface area contributed by atoms with Gasteiger partial charge in [0.1, 0.15) is 0 Å². The molecular formula is C18H29N3. The van der Waals surface area contributed by atoms with Gasteiger partial charge in [-0.25, -0.2) is 0 Å². The van der Waals surface area contributed by atoms with Gasteiger partial charge in [0.25, 0.3) is 0 Å². The highest BCUT2D eigenvalue weighted by atomic mass is 15.3. The minimum absolute atomic E-state index is 0.310. The second kappa shape index (κ2) is 6.47. The number of piperazine rings is 1. The van der Waals surface area contributed by atoms with Crippen molar-refractivity contribution in [2.75, 3.05) is 32.7 Å². The van der Waals surface area contributed by atoms with Crippen molar-refractivity contribution in [1.82, 2.24) is 15.1 Å². The number of rotatable bonds is 3. The molecule has 0 atom stereocenters. The quantitative estimate of drug-likeness (QED) is 0.920. The molecule has 1 aromatic rings. The summed E-state index contributed by atoms with van der Waals surface area (Å²) in [5.41, 5.74) is 1.75. The third-order valence-corrected chi connectivity index (χ3v) is 5.11. The van der Waals surface area contributed by atoms with E-state index in [-0.39, 0.29) is 0 Å². The van der Waals surface area contributed by atoms with Crippen molar-refractivity contribution in [3.8, 4) is 0 Å². The van der Waals surface area contributed by atoms with E-state index in [1.807, 2.05) is 0 Å². The van der Waals surface area contributed by atoms with E-state index in [0.29, 0.717) is 5.54 Å². The summed E-state index contributed by atoms with van der Waals surface area (Å²) >= 11 is 0. The van der Waals surface area contributed by atoms with Gasteiger partial charge in [-0.2, -0.15) is 0 Å². The lowest BCUT2D eigenvalue weighted by Gasteiger charge is -2.49. The number of likely N-dealkylation sites (tertiary alicyclic amines) is 1. The number of nitrogens with one attached hydrogen (secondary N) is 1. The topological polar surface area (TPSA) is 18.5 Å². The molecule has 3 nitrogen and oxygen atoms in total. The monoisotopic (exact) mass is 287 g/mol. The van der Waals surface area contributed by atoms with Crippen LogP contribution < -0.4 is 5.32 Å². The average molecular weight is 287 g/mol. The molecule has 2 heterocycles. The van der Waals surface area contributed by atoms with E-state index in [4.69, 9.17) is 0 Å². The van der Waals surface area contributed by atoms with E-state index in [2.05, 4.69) is 59.3 Å². The van der Waals surface area contributed by atoms with Crippen LogP contribution in [0.2, 0.25) is 0 Å². The molecule has 0 spiro atoms. The number of hydrogen-bond donors (Lipinski definition) is 1. The number of piperidine rings is 1. The standard InChI is InChI=1S/C18H29N3/c1-18(2)15-19-10-13-21(18)17-8-11-20(12-9-17)14-16-6-4-3-5-7-16/h3-7,17,19H,8-15H2,1-2H3. The lowest BCUT2D eigenvalue weighted by molar-refractivity contribution is 0.0127. The lowest BCUT2D eigenvalue weighted by Crippen LogP contribution is -2.62. The van der Waals surface area contributed by atoms with Gasteiger partial charge in [-0.05, 0) is 45.3 Å². The Morgan fingerprint density at radius 3 is 2.48 bits per heavy atom.